The van der Waals surface area contributed by atoms with Gasteiger partial charge in [0, 0.05) is 30.7 Å². The van der Waals surface area contributed by atoms with Crippen molar-refractivity contribution in [2.75, 3.05) is 0 Å². The first kappa shape index (κ1) is 9.19. The first-order chi connectivity index (χ1) is 1.73. The maximum Gasteiger partial charge on any atom is 0.0152 e. The molecule has 28 valence electrons. The molecular weight excluding hydrogens is 143 g/mol. The Bertz CT molecular complexity index is 32.6. The van der Waals surface area contributed by atoms with Crippen molar-refractivity contribution >= 4 is 11.3 Å². The van der Waals surface area contributed by atoms with Gasteiger partial charge in [-0.2, -0.15) is 0 Å². The molecule has 2 N–H and O–H groups in total. The van der Waals surface area contributed by atoms with Crippen molar-refractivity contribution in [3.8, 4) is 0 Å². The summed E-state index contributed by atoms with van der Waals surface area (Å²) in [5.74, 6) is 0. The van der Waals surface area contributed by atoms with E-state index in [1.165, 1.54) is 0 Å². The summed E-state index contributed by atoms with van der Waals surface area (Å²) in [4.78, 5) is 0. The SMILES string of the molecule is NS(=O)[O-].[Zn]. The first-order valence-corrected chi connectivity index (χ1v) is 1.71. The number of nitrogens with two attached hydrogens (primary N) is 1. The molecular formula is H2NO2SZn-. The van der Waals surface area contributed by atoms with Gasteiger partial charge in [-0.1, -0.05) is 0 Å². The maximum absolute atomic E-state index is 8.78. The largest absolute Gasteiger partial charge is 0.760 e. The Hall–Kier alpha value is 0.693. The van der Waals surface area contributed by atoms with Gasteiger partial charge in [-0.3, -0.25) is 9.35 Å². The van der Waals surface area contributed by atoms with Crippen molar-refractivity contribution in [2.45, 2.75) is 0 Å². The quantitative estimate of drug-likeness (QED) is 0.341. The molecule has 0 heterocycles. The molecule has 5 heavy (non-hydrogen) atoms. The molecule has 0 saturated heterocycles. The molecule has 0 saturated carbocycles. The van der Waals surface area contributed by atoms with E-state index < -0.39 is 11.3 Å². The third-order valence-electron chi connectivity index (χ3n) is 0. The summed E-state index contributed by atoms with van der Waals surface area (Å²) in [5, 5.41) is 4.03. The molecule has 3 nitrogen and oxygen atoms in total. The molecule has 0 aliphatic heterocycles. The zero-order valence-corrected chi connectivity index (χ0v) is 6.29. The van der Waals surface area contributed by atoms with Gasteiger partial charge in [-0.05, 0) is 0 Å². The Morgan fingerprint density at radius 3 is 1.80 bits per heavy atom. The summed E-state index contributed by atoms with van der Waals surface area (Å²) in [6, 6.07) is 0. The van der Waals surface area contributed by atoms with Gasteiger partial charge in [-0.15, -0.1) is 0 Å². The van der Waals surface area contributed by atoms with Crippen molar-refractivity contribution in [1.29, 1.82) is 0 Å². The number of hydrogen-bond donors (Lipinski definition) is 1. The first-order valence-electron chi connectivity index (χ1n) is 0.569. The van der Waals surface area contributed by atoms with Crippen LogP contribution >= 0.6 is 0 Å². The smallest absolute Gasteiger partial charge is 0.0152 e. The average molecular weight is 145 g/mol. The Morgan fingerprint density at radius 2 is 1.80 bits per heavy atom. The van der Waals surface area contributed by atoms with E-state index in [1.54, 1.807) is 0 Å². The van der Waals surface area contributed by atoms with E-state index in [0.29, 0.717) is 0 Å². The van der Waals surface area contributed by atoms with Crippen LogP contribution in [0.1, 0.15) is 0 Å². The van der Waals surface area contributed by atoms with Crippen molar-refractivity contribution in [1.82, 2.24) is 0 Å². The molecule has 0 amide bonds. The normalized spacial score (nSPS) is 12.4. The molecule has 0 spiro atoms. The fourth-order valence-electron chi connectivity index (χ4n) is 0. The summed E-state index contributed by atoms with van der Waals surface area (Å²) >= 11 is -2.36. The van der Waals surface area contributed by atoms with Crippen LogP contribution in [0.2, 0.25) is 0 Å². The summed E-state index contributed by atoms with van der Waals surface area (Å²) < 4.78 is 17.6. The van der Waals surface area contributed by atoms with E-state index in [4.69, 9.17) is 8.76 Å². The Morgan fingerprint density at radius 1 is 1.80 bits per heavy atom. The van der Waals surface area contributed by atoms with Crippen LogP contribution < -0.4 is 5.14 Å². The van der Waals surface area contributed by atoms with E-state index >= 15 is 0 Å². The fraction of sp³-hybridized carbons (Fsp3) is 0. The molecule has 0 aromatic heterocycles. The second-order valence-corrected chi connectivity index (χ2v) is 0.781. The van der Waals surface area contributed by atoms with Crippen molar-refractivity contribution in [2.24, 2.45) is 5.14 Å². The van der Waals surface area contributed by atoms with Crippen LogP contribution in [0.5, 0.6) is 0 Å². The summed E-state index contributed by atoms with van der Waals surface area (Å²) in [7, 11) is 0. The van der Waals surface area contributed by atoms with Crippen LogP contribution in [0.4, 0.5) is 0 Å². The third-order valence-corrected chi connectivity index (χ3v) is 0. The Labute approximate surface area is 45.1 Å². The molecule has 0 aliphatic rings. The average Bonchev–Trinajstić information content (AvgIpc) is 0.811. The minimum absolute atomic E-state index is 0. The molecule has 0 aliphatic carbocycles. The molecule has 0 radical (unpaired) electrons. The van der Waals surface area contributed by atoms with Gasteiger partial charge in [0.2, 0.25) is 0 Å². The third kappa shape index (κ3) is 70.8. The molecule has 0 bridgehead atoms. The molecule has 0 aromatic rings. The predicted molar refractivity (Wildman–Crippen MR) is 13.1 cm³/mol. The minimum atomic E-state index is -2.36. The van der Waals surface area contributed by atoms with Crippen LogP contribution in [0.3, 0.4) is 0 Å². The molecule has 0 fully saturated rings. The zero-order chi connectivity index (χ0) is 3.58. The molecule has 0 rings (SSSR count). The molecule has 0 aromatic carbocycles. The van der Waals surface area contributed by atoms with Gasteiger partial charge in [0.15, 0.2) is 0 Å². The number of rotatable bonds is 0. The van der Waals surface area contributed by atoms with Gasteiger partial charge >= 0.3 is 0 Å². The van der Waals surface area contributed by atoms with Gasteiger partial charge in [0.25, 0.3) is 0 Å². The minimum Gasteiger partial charge on any atom is -0.760 e. The Kier molecular flexibility index (Phi) is 8.63. The standard InChI is InChI=1S/H3NO2S.Zn/c1-4(2)3;/h1H2,(H,2,3);/p-1. The van der Waals surface area contributed by atoms with Crippen LogP contribution in [0.15, 0.2) is 0 Å². The van der Waals surface area contributed by atoms with Crippen LogP contribution in [0.25, 0.3) is 0 Å². The summed E-state index contributed by atoms with van der Waals surface area (Å²) in [6.45, 7) is 0. The van der Waals surface area contributed by atoms with Crippen molar-refractivity contribution in [3.63, 3.8) is 0 Å². The van der Waals surface area contributed by atoms with Gasteiger partial charge in [0.05, 0.1) is 0 Å². The molecule has 5 heteroatoms. The van der Waals surface area contributed by atoms with E-state index in [0.717, 1.165) is 0 Å². The van der Waals surface area contributed by atoms with Crippen LogP contribution in [-0.4, -0.2) is 8.76 Å². The Balaban J connectivity index is 0. The van der Waals surface area contributed by atoms with Gasteiger partial charge in [0.1, 0.15) is 0 Å². The second kappa shape index (κ2) is 4.69. The molecule has 1 unspecified atom stereocenters. The maximum atomic E-state index is 8.78. The van der Waals surface area contributed by atoms with Gasteiger partial charge in [-0.25, -0.2) is 0 Å². The fourth-order valence-corrected chi connectivity index (χ4v) is 0. The van der Waals surface area contributed by atoms with E-state index in [2.05, 4.69) is 5.14 Å². The monoisotopic (exact) mass is 144 g/mol. The second-order valence-electron chi connectivity index (χ2n) is 0.260. The summed E-state index contributed by atoms with van der Waals surface area (Å²) in [5.41, 5.74) is 0. The zero-order valence-electron chi connectivity index (χ0n) is 2.51. The topological polar surface area (TPSA) is 66.2 Å². The predicted octanol–water partition coefficient (Wildman–Crippen LogP) is -1.26. The summed E-state index contributed by atoms with van der Waals surface area (Å²) in [6.07, 6.45) is 0. The van der Waals surface area contributed by atoms with E-state index in [-0.39, 0.29) is 19.5 Å². The van der Waals surface area contributed by atoms with Gasteiger partial charge < -0.3 is 4.55 Å². The number of hydrogen-bond acceptors (Lipinski definition) is 2. The van der Waals surface area contributed by atoms with E-state index in [9.17, 15) is 0 Å². The van der Waals surface area contributed by atoms with E-state index in [1.807, 2.05) is 0 Å². The molecule has 1 atom stereocenters. The van der Waals surface area contributed by atoms with Crippen molar-refractivity contribution in [3.05, 3.63) is 0 Å². The van der Waals surface area contributed by atoms with Crippen LogP contribution in [-0.2, 0) is 30.7 Å². The van der Waals surface area contributed by atoms with Crippen LogP contribution in [0, 0.1) is 0 Å². The van der Waals surface area contributed by atoms with Crippen molar-refractivity contribution < 1.29 is 28.2 Å².